The third-order valence-corrected chi connectivity index (χ3v) is 5.71. The van der Waals surface area contributed by atoms with Crippen molar-refractivity contribution in [2.45, 2.75) is 20.0 Å². The van der Waals surface area contributed by atoms with E-state index in [2.05, 4.69) is 30.9 Å². The van der Waals surface area contributed by atoms with Gasteiger partial charge in [-0.1, -0.05) is 11.6 Å². The van der Waals surface area contributed by atoms with Crippen molar-refractivity contribution >= 4 is 50.2 Å². The third-order valence-electron chi connectivity index (χ3n) is 4.90. The largest absolute Gasteiger partial charge is 0.383 e. The summed E-state index contributed by atoms with van der Waals surface area (Å²) in [6.45, 7) is 2.47. The predicted octanol–water partition coefficient (Wildman–Crippen LogP) is 5.17. The zero-order valence-electron chi connectivity index (χ0n) is 16.7. The smallest absolute Gasteiger partial charge is 0.254 e. The monoisotopic (exact) mass is 495 g/mol. The quantitative estimate of drug-likeness (QED) is 0.412. The van der Waals surface area contributed by atoms with Crippen LogP contribution >= 0.6 is 27.5 Å². The van der Waals surface area contributed by atoms with Crippen LogP contribution in [0.2, 0.25) is 5.02 Å². The van der Waals surface area contributed by atoms with E-state index in [1.165, 1.54) is 0 Å². The number of pyridine rings is 3. The van der Waals surface area contributed by atoms with Gasteiger partial charge in [0.1, 0.15) is 5.82 Å². The second kappa shape index (κ2) is 8.99. The summed E-state index contributed by atoms with van der Waals surface area (Å²) in [5.74, 6) is 0.335. The Kier molecular flexibility index (Phi) is 6.15. The fourth-order valence-corrected chi connectivity index (χ4v) is 3.64. The van der Waals surface area contributed by atoms with E-state index < -0.39 is 0 Å². The van der Waals surface area contributed by atoms with Gasteiger partial charge in [0.2, 0.25) is 0 Å². The Morgan fingerprint density at radius 1 is 1.13 bits per heavy atom. The van der Waals surface area contributed by atoms with Gasteiger partial charge in [-0.25, -0.2) is 4.98 Å². The number of amides is 1. The number of hydrogen-bond donors (Lipinski definition) is 1. The van der Waals surface area contributed by atoms with E-state index in [0.29, 0.717) is 28.6 Å². The van der Waals surface area contributed by atoms with Crippen LogP contribution < -0.4 is 5.73 Å². The molecule has 1 aromatic carbocycles. The fourth-order valence-electron chi connectivity index (χ4n) is 3.22. The zero-order valence-corrected chi connectivity index (χ0v) is 19.1. The van der Waals surface area contributed by atoms with Crippen molar-refractivity contribution in [3.8, 4) is 0 Å². The number of anilines is 1. The van der Waals surface area contributed by atoms with Crippen molar-refractivity contribution < 1.29 is 4.79 Å². The molecule has 0 fully saturated rings. The molecule has 8 heteroatoms. The van der Waals surface area contributed by atoms with Gasteiger partial charge in [-0.05, 0) is 76.9 Å². The van der Waals surface area contributed by atoms with Gasteiger partial charge in [-0.3, -0.25) is 14.8 Å². The van der Waals surface area contributed by atoms with Crippen LogP contribution in [0.25, 0.3) is 10.9 Å². The Labute approximate surface area is 193 Å². The number of carbonyl (C=O) groups is 1. The third kappa shape index (κ3) is 4.84. The van der Waals surface area contributed by atoms with Gasteiger partial charge in [-0.15, -0.1) is 0 Å². The van der Waals surface area contributed by atoms with Gasteiger partial charge in [0.05, 0.1) is 35.0 Å². The molecule has 4 rings (SSSR count). The number of aromatic nitrogens is 3. The second-order valence-electron chi connectivity index (χ2n) is 7.16. The Hall–Kier alpha value is -3.03. The lowest BCUT2D eigenvalue weighted by atomic mass is 10.1. The minimum absolute atomic E-state index is 0.150. The Morgan fingerprint density at radius 2 is 1.97 bits per heavy atom. The van der Waals surface area contributed by atoms with Crippen LogP contribution in [0.1, 0.15) is 27.3 Å². The number of nitrogens with two attached hydrogens (primary N) is 1. The lowest BCUT2D eigenvalue weighted by Gasteiger charge is -2.23. The van der Waals surface area contributed by atoms with Crippen LogP contribution in [0.15, 0.2) is 65.4 Å². The molecule has 0 radical (unpaired) electrons. The molecule has 4 aromatic rings. The molecule has 0 spiro atoms. The molecule has 1 amide bonds. The fraction of sp³-hybridized carbons (Fsp3) is 0.130. The first-order valence-electron chi connectivity index (χ1n) is 9.56. The van der Waals surface area contributed by atoms with Crippen LogP contribution in [-0.4, -0.2) is 25.8 Å². The van der Waals surface area contributed by atoms with E-state index in [0.717, 1.165) is 26.6 Å². The maximum atomic E-state index is 13.5. The molecule has 0 aliphatic rings. The van der Waals surface area contributed by atoms with Crippen LogP contribution in [0.5, 0.6) is 0 Å². The summed E-state index contributed by atoms with van der Waals surface area (Å²) in [5.41, 5.74) is 9.45. The number of fused-ring (bicyclic) bond motifs is 1. The van der Waals surface area contributed by atoms with Crippen LogP contribution in [-0.2, 0) is 13.1 Å². The molecule has 3 aromatic heterocycles. The molecule has 156 valence electrons. The number of nitrogens with zero attached hydrogens (tertiary/aromatic N) is 4. The van der Waals surface area contributed by atoms with Crippen LogP contribution in [0, 0.1) is 6.92 Å². The van der Waals surface area contributed by atoms with Crippen molar-refractivity contribution in [1.82, 2.24) is 19.9 Å². The molecule has 3 heterocycles. The van der Waals surface area contributed by atoms with Gasteiger partial charge >= 0.3 is 0 Å². The number of benzene rings is 1. The molecule has 0 aliphatic heterocycles. The lowest BCUT2D eigenvalue weighted by Crippen LogP contribution is -2.31. The molecule has 0 saturated carbocycles. The molecule has 6 nitrogen and oxygen atoms in total. The van der Waals surface area contributed by atoms with E-state index in [-0.39, 0.29) is 12.5 Å². The van der Waals surface area contributed by atoms with E-state index in [9.17, 15) is 4.79 Å². The first-order valence-corrected chi connectivity index (χ1v) is 10.7. The summed E-state index contributed by atoms with van der Waals surface area (Å²) >= 11 is 9.70. The van der Waals surface area contributed by atoms with Gasteiger partial charge in [-0.2, -0.15) is 0 Å². The number of nitrogen functional groups attached to an aromatic ring is 1. The number of carbonyl (C=O) groups excluding carboxylic acids is 1. The average molecular weight is 497 g/mol. The summed E-state index contributed by atoms with van der Waals surface area (Å²) in [6.07, 6.45) is 3.37. The Balaban J connectivity index is 1.70. The molecular weight excluding hydrogens is 478 g/mol. The van der Waals surface area contributed by atoms with Gasteiger partial charge in [0, 0.05) is 27.8 Å². The van der Waals surface area contributed by atoms with Crippen molar-refractivity contribution in [2.24, 2.45) is 0 Å². The molecule has 0 saturated heterocycles. The first kappa shape index (κ1) is 21.2. The summed E-state index contributed by atoms with van der Waals surface area (Å²) in [5, 5.41) is 1.37. The van der Waals surface area contributed by atoms with Gasteiger partial charge in [0.25, 0.3) is 5.91 Å². The van der Waals surface area contributed by atoms with E-state index in [1.54, 1.807) is 35.5 Å². The minimum Gasteiger partial charge on any atom is -0.383 e. The van der Waals surface area contributed by atoms with Gasteiger partial charge in [0.15, 0.2) is 0 Å². The Bertz CT molecular complexity index is 1260. The van der Waals surface area contributed by atoms with Gasteiger partial charge < -0.3 is 10.6 Å². The average Bonchev–Trinajstić information content (AvgIpc) is 2.76. The number of hydrogen-bond acceptors (Lipinski definition) is 5. The maximum absolute atomic E-state index is 13.5. The van der Waals surface area contributed by atoms with Crippen molar-refractivity contribution in [3.63, 3.8) is 0 Å². The predicted molar refractivity (Wildman–Crippen MR) is 126 cm³/mol. The summed E-state index contributed by atoms with van der Waals surface area (Å²) in [7, 11) is 0. The highest BCUT2D eigenvalue weighted by atomic mass is 79.9. The van der Waals surface area contributed by atoms with Crippen molar-refractivity contribution in [2.75, 3.05) is 5.73 Å². The summed E-state index contributed by atoms with van der Waals surface area (Å²) in [6, 6.07) is 14.6. The lowest BCUT2D eigenvalue weighted by molar-refractivity contribution is 0.0726. The van der Waals surface area contributed by atoms with Crippen LogP contribution in [0.4, 0.5) is 5.82 Å². The highest BCUT2D eigenvalue weighted by Crippen LogP contribution is 2.22. The Morgan fingerprint density at radius 3 is 2.71 bits per heavy atom. The highest BCUT2D eigenvalue weighted by molar-refractivity contribution is 9.10. The molecule has 0 atom stereocenters. The molecule has 2 N–H and O–H groups in total. The normalized spacial score (nSPS) is 10.9. The number of halogens is 2. The molecule has 0 unspecified atom stereocenters. The van der Waals surface area contributed by atoms with Crippen molar-refractivity contribution in [3.05, 3.63) is 92.9 Å². The minimum atomic E-state index is -0.150. The molecular formula is C23H19BrClN5O. The van der Waals surface area contributed by atoms with Crippen molar-refractivity contribution in [1.29, 1.82) is 0 Å². The maximum Gasteiger partial charge on any atom is 0.254 e. The number of rotatable bonds is 5. The van der Waals surface area contributed by atoms with E-state index in [1.807, 2.05) is 37.3 Å². The standard InChI is InChI=1S/C23H19BrClN5O/c1-14-9-16-10-15(4-7-20(16)29-22(14)26)23(31)30(12-18-6-5-17(24)11-28-18)13-21-19(25)3-2-8-27-21/h2-11H,12-13H2,1H3,(H2,26,29). The topological polar surface area (TPSA) is 85.0 Å². The summed E-state index contributed by atoms with van der Waals surface area (Å²) in [4.78, 5) is 28.3. The summed E-state index contributed by atoms with van der Waals surface area (Å²) < 4.78 is 0.874. The molecule has 31 heavy (non-hydrogen) atoms. The highest BCUT2D eigenvalue weighted by Gasteiger charge is 2.20. The second-order valence-corrected chi connectivity index (χ2v) is 8.48. The number of aryl methyl sites for hydroxylation is 1. The SMILES string of the molecule is Cc1cc2cc(C(=O)N(Cc3ccc(Br)cn3)Cc3ncccc3Cl)ccc2nc1N. The van der Waals surface area contributed by atoms with E-state index >= 15 is 0 Å². The molecule has 0 aliphatic carbocycles. The van der Waals surface area contributed by atoms with E-state index in [4.69, 9.17) is 17.3 Å². The van der Waals surface area contributed by atoms with Crippen LogP contribution in [0.3, 0.4) is 0 Å². The molecule has 0 bridgehead atoms. The first-order chi connectivity index (χ1) is 14.9. The zero-order chi connectivity index (χ0) is 22.0.